The third kappa shape index (κ3) is 2.29. The van der Waals surface area contributed by atoms with Crippen LogP contribution in [0.25, 0.3) is 0 Å². The average Bonchev–Trinajstić information content (AvgIpc) is 2.05. The number of halogens is 2. The van der Waals surface area contributed by atoms with Gasteiger partial charge in [0.15, 0.2) is 0 Å². The molecule has 0 fully saturated rings. The van der Waals surface area contributed by atoms with Gasteiger partial charge in [0.05, 0.1) is 10.7 Å². The molecule has 0 heterocycles. The number of nitrogens with zero attached hydrogens (tertiary/aromatic N) is 1. The van der Waals surface area contributed by atoms with Crippen LogP contribution in [-0.2, 0) is 0 Å². The van der Waals surface area contributed by atoms with Crippen molar-refractivity contribution in [3.8, 4) is 0 Å². The molecule has 0 unspecified atom stereocenters. The van der Waals surface area contributed by atoms with Crippen LogP contribution < -0.4 is 4.90 Å². The van der Waals surface area contributed by atoms with Crippen molar-refractivity contribution in [3.63, 3.8) is 0 Å². The molecule has 0 aliphatic carbocycles. The second kappa shape index (κ2) is 4.58. The van der Waals surface area contributed by atoms with Crippen molar-refractivity contribution in [1.82, 2.24) is 0 Å². The molecule has 1 rings (SSSR count). The summed E-state index contributed by atoms with van der Waals surface area (Å²) in [6, 6.07) is 7.74. The van der Waals surface area contributed by atoms with Gasteiger partial charge in [0.1, 0.15) is 0 Å². The zero-order valence-corrected chi connectivity index (χ0v) is 8.44. The molecule has 66 valence electrons. The minimum Gasteiger partial charge on any atom is -0.372 e. The quantitative estimate of drug-likeness (QED) is 0.684. The molecular weight excluding hydrogens is 193 g/mol. The highest BCUT2D eigenvalue weighted by molar-refractivity contribution is 6.33. The first-order valence-corrected chi connectivity index (χ1v) is 4.68. The number of benzene rings is 1. The van der Waals surface area contributed by atoms with Gasteiger partial charge in [-0.25, -0.2) is 0 Å². The van der Waals surface area contributed by atoms with Gasteiger partial charge < -0.3 is 4.90 Å². The molecule has 0 bridgehead atoms. The highest BCUT2D eigenvalue weighted by Gasteiger charge is 2.02. The Balaban J connectivity index is 2.79. The van der Waals surface area contributed by atoms with Gasteiger partial charge in [-0.1, -0.05) is 23.7 Å². The molecule has 12 heavy (non-hydrogen) atoms. The van der Waals surface area contributed by atoms with E-state index in [1.54, 1.807) is 0 Å². The van der Waals surface area contributed by atoms with Gasteiger partial charge in [0.25, 0.3) is 0 Å². The second-order valence-electron chi connectivity index (χ2n) is 2.56. The smallest absolute Gasteiger partial charge is 0.0639 e. The summed E-state index contributed by atoms with van der Waals surface area (Å²) in [6.45, 7) is 0.811. The molecule has 0 saturated carbocycles. The molecule has 0 spiro atoms. The lowest BCUT2D eigenvalue weighted by Crippen LogP contribution is -2.19. The highest BCUT2D eigenvalue weighted by Crippen LogP contribution is 2.23. The van der Waals surface area contributed by atoms with Crippen LogP contribution in [0.15, 0.2) is 24.3 Å². The van der Waals surface area contributed by atoms with Crippen LogP contribution >= 0.6 is 23.2 Å². The molecule has 0 atom stereocenters. The molecule has 0 amide bonds. The van der Waals surface area contributed by atoms with Gasteiger partial charge >= 0.3 is 0 Å². The highest BCUT2D eigenvalue weighted by atomic mass is 35.5. The maximum Gasteiger partial charge on any atom is 0.0639 e. The van der Waals surface area contributed by atoms with Crippen LogP contribution in [0.4, 0.5) is 5.69 Å². The molecule has 1 aromatic carbocycles. The summed E-state index contributed by atoms with van der Waals surface area (Å²) in [5.41, 5.74) is 1.03. The maximum absolute atomic E-state index is 5.97. The predicted molar refractivity (Wildman–Crippen MR) is 55.4 cm³/mol. The third-order valence-electron chi connectivity index (χ3n) is 1.68. The summed E-state index contributed by atoms with van der Waals surface area (Å²) in [5, 5.41) is 0.769. The summed E-state index contributed by atoms with van der Waals surface area (Å²) in [6.07, 6.45) is 0. The number of hydrogen-bond donors (Lipinski definition) is 0. The number of alkyl halides is 1. The fourth-order valence-corrected chi connectivity index (χ4v) is 1.54. The second-order valence-corrected chi connectivity index (χ2v) is 3.35. The van der Waals surface area contributed by atoms with Crippen LogP contribution in [0.1, 0.15) is 0 Å². The zero-order valence-electron chi connectivity index (χ0n) is 6.93. The Labute approximate surface area is 82.9 Å². The van der Waals surface area contributed by atoms with Crippen LogP contribution in [0, 0.1) is 0 Å². The Morgan fingerprint density at radius 3 is 2.58 bits per heavy atom. The van der Waals surface area contributed by atoms with E-state index in [0.717, 1.165) is 17.3 Å². The van der Waals surface area contributed by atoms with Gasteiger partial charge in [-0.2, -0.15) is 0 Å². The van der Waals surface area contributed by atoms with E-state index in [0.29, 0.717) is 5.88 Å². The van der Waals surface area contributed by atoms with Crippen molar-refractivity contribution < 1.29 is 0 Å². The fraction of sp³-hybridized carbons (Fsp3) is 0.333. The summed E-state index contributed by atoms with van der Waals surface area (Å²) in [4.78, 5) is 2.04. The Bertz CT molecular complexity index is 250. The van der Waals surface area contributed by atoms with E-state index in [1.165, 1.54) is 0 Å². The molecule has 0 saturated heterocycles. The van der Waals surface area contributed by atoms with Gasteiger partial charge in [-0.15, -0.1) is 11.6 Å². The fourth-order valence-electron chi connectivity index (χ4n) is 1.01. The molecule has 0 radical (unpaired) electrons. The molecule has 1 aromatic rings. The first-order valence-electron chi connectivity index (χ1n) is 3.77. The number of rotatable bonds is 3. The molecule has 0 aromatic heterocycles. The largest absolute Gasteiger partial charge is 0.372 e. The summed E-state index contributed by atoms with van der Waals surface area (Å²) < 4.78 is 0. The first-order chi connectivity index (χ1) is 5.75. The van der Waals surface area contributed by atoms with Crippen molar-refractivity contribution in [3.05, 3.63) is 29.3 Å². The topological polar surface area (TPSA) is 3.24 Å². The molecule has 0 N–H and O–H groups in total. The molecule has 3 heteroatoms. The van der Waals surface area contributed by atoms with Crippen LogP contribution in [0.3, 0.4) is 0 Å². The van der Waals surface area contributed by atoms with Crippen molar-refractivity contribution in [1.29, 1.82) is 0 Å². The van der Waals surface area contributed by atoms with E-state index >= 15 is 0 Å². The first kappa shape index (κ1) is 9.69. The number of hydrogen-bond acceptors (Lipinski definition) is 1. The number of para-hydroxylation sites is 1. The van der Waals surface area contributed by atoms with Gasteiger partial charge in [-0.05, 0) is 12.1 Å². The normalized spacial score (nSPS) is 9.92. The Kier molecular flexibility index (Phi) is 3.70. The van der Waals surface area contributed by atoms with Crippen molar-refractivity contribution in [2.45, 2.75) is 0 Å². The molecule has 0 aliphatic rings. The Hall–Kier alpha value is -0.400. The SMILES string of the molecule is CN(CCCl)c1ccccc1Cl. The maximum atomic E-state index is 5.97. The van der Waals surface area contributed by atoms with Crippen LogP contribution in [0.2, 0.25) is 5.02 Å². The van der Waals surface area contributed by atoms with E-state index in [9.17, 15) is 0 Å². The minimum absolute atomic E-state index is 0.613. The predicted octanol–water partition coefficient (Wildman–Crippen LogP) is 3.02. The monoisotopic (exact) mass is 203 g/mol. The van der Waals surface area contributed by atoms with Gasteiger partial charge in [-0.3, -0.25) is 0 Å². The van der Waals surface area contributed by atoms with Gasteiger partial charge in [0.2, 0.25) is 0 Å². The summed E-state index contributed by atoms with van der Waals surface area (Å²) >= 11 is 11.6. The van der Waals surface area contributed by atoms with Crippen LogP contribution in [-0.4, -0.2) is 19.5 Å². The molecule has 0 aliphatic heterocycles. The van der Waals surface area contributed by atoms with Crippen molar-refractivity contribution >= 4 is 28.9 Å². The Morgan fingerprint density at radius 2 is 2.00 bits per heavy atom. The lowest BCUT2D eigenvalue weighted by Gasteiger charge is -2.18. The summed E-state index contributed by atoms with van der Waals surface area (Å²) in [5.74, 6) is 0.613. The summed E-state index contributed by atoms with van der Waals surface area (Å²) in [7, 11) is 1.98. The lowest BCUT2D eigenvalue weighted by atomic mass is 10.3. The standard InChI is InChI=1S/C9H11Cl2N/c1-12(7-6-10)9-5-3-2-4-8(9)11/h2-5H,6-7H2,1H3. The average molecular weight is 204 g/mol. The van der Waals surface area contributed by atoms with E-state index < -0.39 is 0 Å². The van der Waals surface area contributed by atoms with E-state index in [1.807, 2.05) is 36.2 Å². The molecule has 1 nitrogen and oxygen atoms in total. The van der Waals surface area contributed by atoms with Gasteiger partial charge in [0, 0.05) is 19.5 Å². The van der Waals surface area contributed by atoms with E-state index in [-0.39, 0.29) is 0 Å². The van der Waals surface area contributed by atoms with Crippen LogP contribution in [0.5, 0.6) is 0 Å². The van der Waals surface area contributed by atoms with Crippen molar-refractivity contribution in [2.24, 2.45) is 0 Å². The number of anilines is 1. The Morgan fingerprint density at radius 1 is 1.33 bits per heavy atom. The third-order valence-corrected chi connectivity index (χ3v) is 2.17. The van der Waals surface area contributed by atoms with Crippen molar-refractivity contribution in [2.75, 3.05) is 24.4 Å². The zero-order chi connectivity index (χ0) is 8.97. The molecular formula is C9H11Cl2N. The van der Waals surface area contributed by atoms with E-state index in [4.69, 9.17) is 23.2 Å². The minimum atomic E-state index is 0.613. The van der Waals surface area contributed by atoms with E-state index in [2.05, 4.69) is 0 Å². The lowest BCUT2D eigenvalue weighted by molar-refractivity contribution is 0.974.